The summed E-state index contributed by atoms with van der Waals surface area (Å²) in [6, 6.07) is 18.8. The van der Waals surface area contributed by atoms with Crippen molar-refractivity contribution >= 4 is 11.9 Å². The molecule has 1 aliphatic carbocycles. The highest BCUT2D eigenvalue weighted by Gasteiger charge is 2.26. The lowest BCUT2D eigenvalue weighted by Crippen LogP contribution is -2.51. The van der Waals surface area contributed by atoms with Gasteiger partial charge in [0, 0.05) is 30.7 Å². The van der Waals surface area contributed by atoms with Crippen LogP contribution in [0.2, 0.25) is 0 Å². The van der Waals surface area contributed by atoms with E-state index in [4.69, 9.17) is 0 Å². The third-order valence-corrected chi connectivity index (χ3v) is 6.83. The molecule has 1 aliphatic heterocycles. The van der Waals surface area contributed by atoms with Gasteiger partial charge in [0.25, 0.3) is 5.91 Å². The van der Waals surface area contributed by atoms with Crippen LogP contribution in [0.3, 0.4) is 0 Å². The molecule has 5 heteroatoms. The minimum absolute atomic E-state index is 0.0482. The minimum Gasteiger partial charge on any atom is -0.338 e. The Morgan fingerprint density at radius 3 is 2.09 bits per heavy atom. The fourth-order valence-electron chi connectivity index (χ4n) is 4.93. The summed E-state index contributed by atoms with van der Waals surface area (Å²) < 4.78 is 0. The average molecular weight is 434 g/mol. The van der Waals surface area contributed by atoms with Gasteiger partial charge in [-0.25, -0.2) is 4.79 Å². The van der Waals surface area contributed by atoms with Crippen LogP contribution in [0.5, 0.6) is 0 Å². The van der Waals surface area contributed by atoms with Crippen molar-refractivity contribution in [2.45, 2.75) is 69.9 Å². The summed E-state index contributed by atoms with van der Waals surface area (Å²) in [4.78, 5) is 27.5. The van der Waals surface area contributed by atoms with E-state index in [-0.39, 0.29) is 18.0 Å². The molecule has 2 aliphatic rings. The topological polar surface area (TPSA) is 61.4 Å². The van der Waals surface area contributed by atoms with Gasteiger partial charge in [-0.3, -0.25) is 4.79 Å². The summed E-state index contributed by atoms with van der Waals surface area (Å²) in [6.45, 7) is 1.36. The summed E-state index contributed by atoms with van der Waals surface area (Å²) in [6.07, 6.45) is 9.25. The molecule has 2 fully saturated rings. The maximum Gasteiger partial charge on any atom is 0.315 e. The maximum atomic E-state index is 13.2. The largest absolute Gasteiger partial charge is 0.338 e. The van der Waals surface area contributed by atoms with Crippen LogP contribution < -0.4 is 10.6 Å². The van der Waals surface area contributed by atoms with E-state index < -0.39 is 0 Å². The Hall–Kier alpha value is -2.82. The molecule has 2 aromatic carbocycles. The van der Waals surface area contributed by atoms with Crippen LogP contribution in [0.15, 0.2) is 54.6 Å². The monoisotopic (exact) mass is 433 g/mol. The zero-order valence-corrected chi connectivity index (χ0v) is 18.9. The van der Waals surface area contributed by atoms with Crippen LogP contribution in [0, 0.1) is 0 Å². The normalized spacial score (nSPS) is 17.7. The maximum absolute atomic E-state index is 13.2. The lowest BCUT2D eigenvalue weighted by atomic mass is 9.96. The lowest BCUT2D eigenvalue weighted by molar-refractivity contribution is 0.0707. The predicted octanol–water partition coefficient (Wildman–Crippen LogP) is 4.71. The number of nitrogens with zero attached hydrogens (tertiary/aromatic N) is 1. The summed E-state index contributed by atoms with van der Waals surface area (Å²) >= 11 is 0. The van der Waals surface area contributed by atoms with E-state index in [1.54, 1.807) is 0 Å². The zero-order valence-electron chi connectivity index (χ0n) is 18.9. The van der Waals surface area contributed by atoms with E-state index in [0.29, 0.717) is 19.1 Å². The molecule has 1 saturated carbocycles. The van der Waals surface area contributed by atoms with E-state index >= 15 is 0 Å². The number of hydrogen-bond donors (Lipinski definition) is 2. The van der Waals surface area contributed by atoms with Crippen LogP contribution in [0.25, 0.3) is 0 Å². The van der Waals surface area contributed by atoms with Crippen molar-refractivity contribution in [3.05, 3.63) is 71.3 Å². The minimum atomic E-state index is -0.0482. The standard InChI is InChI=1S/C27H35N3O2/c31-26(25-14-8-7-11-22(25)16-15-21-9-3-1-4-10-21)30-19-17-24(18-20-30)29-27(32)28-23-12-5-2-6-13-23/h1,3-4,7-11,14,23-24H,2,5-6,12-13,15-20H2,(H2,28,29,32). The highest BCUT2D eigenvalue weighted by atomic mass is 16.2. The molecule has 0 atom stereocenters. The van der Waals surface area contributed by atoms with Gasteiger partial charge in [0.05, 0.1) is 0 Å². The second-order valence-corrected chi connectivity index (χ2v) is 9.16. The fraction of sp³-hybridized carbons (Fsp3) is 0.481. The molecule has 3 amide bonds. The van der Waals surface area contributed by atoms with Gasteiger partial charge < -0.3 is 15.5 Å². The SMILES string of the molecule is O=C(NC1CCCCC1)NC1CCN(C(=O)c2ccccc2CCc2ccccc2)CC1. The fourth-order valence-corrected chi connectivity index (χ4v) is 4.93. The van der Waals surface area contributed by atoms with Gasteiger partial charge in [0.15, 0.2) is 0 Å². The van der Waals surface area contributed by atoms with Crippen molar-refractivity contribution < 1.29 is 9.59 Å². The van der Waals surface area contributed by atoms with Crippen LogP contribution in [-0.4, -0.2) is 42.0 Å². The Balaban J connectivity index is 1.27. The first-order chi connectivity index (χ1) is 15.7. The molecule has 0 radical (unpaired) electrons. The van der Waals surface area contributed by atoms with E-state index in [1.165, 1.54) is 24.8 Å². The summed E-state index contributed by atoms with van der Waals surface area (Å²) in [7, 11) is 0. The van der Waals surface area contributed by atoms with Gasteiger partial charge in [-0.15, -0.1) is 0 Å². The Kier molecular flexibility index (Phi) is 7.81. The highest BCUT2D eigenvalue weighted by molar-refractivity contribution is 5.95. The van der Waals surface area contributed by atoms with E-state index in [1.807, 2.05) is 29.2 Å². The quantitative estimate of drug-likeness (QED) is 0.693. The van der Waals surface area contributed by atoms with E-state index in [2.05, 4.69) is 41.0 Å². The van der Waals surface area contributed by atoms with Crippen molar-refractivity contribution in [3.8, 4) is 0 Å². The predicted molar refractivity (Wildman–Crippen MR) is 128 cm³/mol. The smallest absolute Gasteiger partial charge is 0.315 e. The summed E-state index contributed by atoms with van der Waals surface area (Å²) in [5.74, 6) is 0.110. The number of hydrogen-bond acceptors (Lipinski definition) is 2. The first-order valence-corrected chi connectivity index (χ1v) is 12.2. The molecule has 0 spiro atoms. The molecule has 32 heavy (non-hydrogen) atoms. The van der Waals surface area contributed by atoms with Gasteiger partial charge >= 0.3 is 6.03 Å². The first kappa shape index (κ1) is 22.4. The van der Waals surface area contributed by atoms with Crippen LogP contribution >= 0.6 is 0 Å². The molecule has 1 heterocycles. The van der Waals surface area contributed by atoms with E-state index in [9.17, 15) is 9.59 Å². The lowest BCUT2D eigenvalue weighted by Gasteiger charge is -2.33. The number of nitrogens with one attached hydrogen (secondary N) is 2. The molecule has 2 N–H and O–H groups in total. The molecule has 2 aromatic rings. The van der Waals surface area contributed by atoms with Crippen molar-refractivity contribution in [2.75, 3.05) is 13.1 Å². The van der Waals surface area contributed by atoms with Crippen molar-refractivity contribution in [1.82, 2.24) is 15.5 Å². The van der Waals surface area contributed by atoms with Crippen LogP contribution in [0.4, 0.5) is 4.79 Å². The molecule has 1 saturated heterocycles. The molecule has 0 aromatic heterocycles. The summed E-state index contributed by atoms with van der Waals surface area (Å²) in [5, 5.41) is 6.26. The molecule has 170 valence electrons. The number of rotatable bonds is 6. The number of carbonyl (C=O) groups is 2. The molecule has 5 nitrogen and oxygen atoms in total. The summed E-state index contributed by atoms with van der Waals surface area (Å²) in [5.41, 5.74) is 3.20. The molecule has 4 rings (SSSR count). The third kappa shape index (κ3) is 6.12. The van der Waals surface area contributed by atoms with Gasteiger partial charge in [0.1, 0.15) is 0 Å². The number of aryl methyl sites for hydroxylation is 2. The average Bonchev–Trinajstić information content (AvgIpc) is 2.84. The second-order valence-electron chi connectivity index (χ2n) is 9.16. The van der Waals surface area contributed by atoms with Crippen molar-refractivity contribution in [2.24, 2.45) is 0 Å². The number of likely N-dealkylation sites (tertiary alicyclic amines) is 1. The van der Waals surface area contributed by atoms with Gasteiger partial charge in [0.2, 0.25) is 0 Å². The van der Waals surface area contributed by atoms with Crippen molar-refractivity contribution in [1.29, 1.82) is 0 Å². The number of carbonyl (C=O) groups excluding carboxylic acids is 2. The zero-order chi connectivity index (χ0) is 22.2. The Labute approximate surface area is 191 Å². The molecular formula is C27H35N3O2. The third-order valence-electron chi connectivity index (χ3n) is 6.83. The van der Waals surface area contributed by atoms with Gasteiger partial charge in [-0.1, -0.05) is 67.8 Å². The highest BCUT2D eigenvalue weighted by Crippen LogP contribution is 2.20. The Morgan fingerprint density at radius 1 is 0.750 bits per heavy atom. The Bertz CT molecular complexity index is 885. The first-order valence-electron chi connectivity index (χ1n) is 12.2. The number of urea groups is 1. The van der Waals surface area contributed by atoms with E-state index in [0.717, 1.165) is 49.7 Å². The molecule has 0 unspecified atom stereocenters. The molecular weight excluding hydrogens is 398 g/mol. The van der Waals surface area contributed by atoms with Crippen LogP contribution in [-0.2, 0) is 12.8 Å². The number of benzene rings is 2. The van der Waals surface area contributed by atoms with Gasteiger partial charge in [-0.2, -0.15) is 0 Å². The van der Waals surface area contributed by atoms with Crippen LogP contribution in [0.1, 0.15) is 66.4 Å². The molecule has 0 bridgehead atoms. The number of amides is 3. The second kappa shape index (κ2) is 11.2. The Morgan fingerprint density at radius 2 is 1.38 bits per heavy atom. The van der Waals surface area contributed by atoms with Crippen molar-refractivity contribution in [3.63, 3.8) is 0 Å². The number of piperidine rings is 1. The van der Waals surface area contributed by atoms with Gasteiger partial charge in [-0.05, 0) is 55.7 Å².